The Morgan fingerprint density at radius 2 is 2.00 bits per heavy atom. The average Bonchev–Trinajstić information content (AvgIpc) is 1.85. The van der Waals surface area contributed by atoms with Gasteiger partial charge in [0.25, 0.3) is 0 Å². The number of alkyl halides is 1. The van der Waals surface area contributed by atoms with Crippen LogP contribution in [0.4, 0.5) is 0 Å². The van der Waals surface area contributed by atoms with Crippen LogP contribution >= 0.6 is 24.0 Å². The first-order valence-electron chi connectivity index (χ1n) is 3.42. The molecule has 0 bridgehead atoms. The van der Waals surface area contributed by atoms with Crippen molar-refractivity contribution in [2.45, 2.75) is 26.3 Å². The monoisotopic (exact) mass is 199 g/mol. The minimum atomic E-state index is -0.363. The number of Topliss-reactive ketones (excluding diaryl/α,β-unsaturated/α-hetero) is 1. The molecule has 11 heavy (non-hydrogen) atoms. The fourth-order valence-corrected chi connectivity index (χ4v) is 0.937. The van der Waals surface area contributed by atoms with Gasteiger partial charge in [-0.05, 0) is 12.3 Å². The van der Waals surface area contributed by atoms with Crippen LogP contribution in [0.5, 0.6) is 0 Å². The summed E-state index contributed by atoms with van der Waals surface area (Å²) in [6.07, 6.45) is 0.728. The molecule has 0 aromatic carbocycles. The van der Waals surface area contributed by atoms with Crippen LogP contribution < -0.4 is 5.73 Å². The van der Waals surface area contributed by atoms with Crippen LogP contribution in [-0.2, 0) is 4.79 Å². The Morgan fingerprint density at radius 1 is 1.55 bits per heavy atom. The Kier molecular flexibility index (Phi) is 8.63. The number of rotatable bonds is 4. The van der Waals surface area contributed by atoms with Crippen molar-refractivity contribution in [3.8, 4) is 0 Å². The summed E-state index contributed by atoms with van der Waals surface area (Å²) in [6.45, 7) is 4.06. The Balaban J connectivity index is 0. The maximum absolute atomic E-state index is 10.8. The fraction of sp³-hybridized carbons (Fsp3) is 0.857. The maximum Gasteiger partial charge on any atom is 0.164 e. The molecule has 0 amide bonds. The topological polar surface area (TPSA) is 43.1 Å². The zero-order valence-corrected chi connectivity index (χ0v) is 8.41. The number of nitrogens with two attached hydrogens (primary N) is 1. The van der Waals surface area contributed by atoms with E-state index in [4.69, 9.17) is 17.3 Å². The SMILES string of the molecule is CC(C)C[C@H](N)C(=O)CCl.Cl. The molecule has 68 valence electrons. The highest BCUT2D eigenvalue weighted by atomic mass is 35.5. The van der Waals surface area contributed by atoms with E-state index in [9.17, 15) is 4.79 Å². The Hall–Kier alpha value is 0.210. The van der Waals surface area contributed by atoms with Gasteiger partial charge in [-0.15, -0.1) is 24.0 Å². The van der Waals surface area contributed by atoms with Crippen molar-refractivity contribution >= 4 is 29.8 Å². The molecule has 4 heteroatoms. The van der Waals surface area contributed by atoms with Crippen molar-refractivity contribution < 1.29 is 4.79 Å². The first-order chi connectivity index (χ1) is 4.57. The summed E-state index contributed by atoms with van der Waals surface area (Å²) in [5, 5.41) is 0. The van der Waals surface area contributed by atoms with Crippen molar-refractivity contribution in [2.24, 2.45) is 11.7 Å². The molecule has 2 nitrogen and oxygen atoms in total. The minimum Gasteiger partial charge on any atom is -0.321 e. The van der Waals surface area contributed by atoms with Gasteiger partial charge < -0.3 is 5.73 Å². The standard InChI is InChI=1S/C7H14ClNO.ClH/c1-5(2)3-6(9)7(10)4-8;/h5-6H,3-4,9H2,1-2H3;1H/t6-;/m0./s1. The second kappa shape index (κ2) is 6.89. The highest BCUT2D eigenvalue weighted by Gasteiger charge is 2.12. The molecule has 0 aliphatic carbocycles. The second-order valence-corrected chi connectivity index (χ2v) is 3.10. The lowest BCUT2D eigenvalue weighted by atomic mass is 10.0. The molecule has 0 heterocycles. The molecule has 0 spiro atoms. The van der Waals surface area contributed by atoms with Crippen LogP contribution in [0.3, 0.4) is 0 Å². The molecule has 2 N–H and O–H groups in total. The predicted octanol–water partition coefficient (Wildman–Crippen LogP) is 1.59. The van der Waals surface area contributed by atoms with Crippen LogP contribution in [0.1, 0.15) is 20.3 Å². The lowest BCUT2D eigenvalue weighted by Gasteiger charge is -2.10. The minimum absolute atomic E-state index is 0. The van der Waals surface area contributed by atoms with Gasteiger partial charge in [0, 0.05) is 0 Å². The summed E-state index contributed by atoms with van der Waals surface area (Å²) in [5.41, 5.74) is 5.49. The van der Waals surface area contributed by atoms with Gasteiger partial charge in [0.15, 0.2) is 5.78 Å². The van der Waals surface area contributed by atoms with E-state index in [0.717, 1.165) is 6.42 Å². The van der Waals surface area contributed by atoms with E-state index in [-0.39, 0.29) is 30.1 Å². The van der Waals surface area contributed by atoms with Gasteiger partial charge in [-0.25, -0.2) is 0 Å². The molecular weight excluding hydrogens is 185 g/mol. The maximum atomic E-state index is 10.8. The van der Waals surface area contributed by atoms with Crippen molar-refractivity contribution in [2.75, 3.05) is 5.88 Å². The molecule has 0 saturated heterocycles. The largest absolute Gasteiger partial charge is 0.321 e. The highest BCUT2D eigenvalue weighted by molar-refractivity contribution is 6.28. The number of carbonyl (C=O) groups is 1. The van der Waals surface area contributed by atoms with Gasteiger partial charge in [0.1, 0.15) is 0 Å². The predicted molar refractivity (Wildman–Crippen MR) is 50.4 cm³/mol. The van der Waals surface area contributed by atoms with Crippen LogP contribution in [0.25, 0.3) is 0 Å². The van der Waals surface area contributed by atoms with E-state index >= 15 is 0 Å². The van der Waals surface area contributed by atoms with Gasteiger partial charge in [-0.3, -0.25) is 4.79 Å². The number of hydrogen-bond acceptors (Lipinski definition) is 2. The zero-order chi connectivity index (χ0) is 8.15. The Morgan fingerprint density at radius 3 is 2.27 bits per heavy atom. The van der Waals surface area contributed by atoms with Gasteiger partial charge >= 0.3 is 0 Å². The molecular formula is C7H15Cl2NO. The molecule has 0 unspecified atom stereocenters. The molecule has 0 aromatic heterocycles. The number of halogens is 2. The summed E-state index contributed by atoms with van der Waals surface area (Å²) >= 11 is 5.30. The lowest BCUT2D eigenvalue weighted by Crippen LogP contribution is -2.32. The second-order valence-electron chi connectivity index (χ2n) is 2.84. The molecule has 0 aliphatic rings. The average molecular weight is 200 g/mol. The van der Waals surface area contributed by atoms with E-state index in [1.807, 2.05) is 13.8 Å². The number of hydrogen-bond donors (Lipinski definition) is 1. The van der Waals surface area contributed by atoms with Crippen LogP contribution in [0, 0.1) is 5.92 Å². The van der Waals surface area contributed by atoms with E-state index in [2.05, 4.69) is 0 Å². The van der Waals surface area contributed by atoms with Crippen LogP contribution in [-0.4, -0.2) is 17.7 Å². The highest BCUT2D eigenvalue weighted by Crippen LogP contribution is 2.03. The van der Waals surface area contributed by atoms with E-state index in [1.165, 1.54) is 0 Å². The van der Waals surface area contributed by atoms with Crippen molar-refractivity contribution in [1.82, 2.24) is 0 Å². The van der Waals surface area contributed by atoms with Gasteiger partial charge in [-0.2, -0.15) is 0 Å². The summed E-state index contributed by atoms with van der Waals surface area (Å²) in [5.74, 6) is 0.436. The van der Waals surface area contributed by atoms with Gasteiger partial charge in [0.05, 0.1) is 11.9 Å². The quantitative estimate of drug-likeness (QED) is 0.700. The fourth-order valence-electron chi connectivity index (χ4n) is 0.738. The molecule has 1 atom stereocenters. The van der Waals surface area contributed by atoms with E-state index < -0.39 is 0 Å². The summed E-state index contributed by atoms with van der Waals surface area (Å²) < 4.78 is 0. The van der Waals surface area contributed by atoms with Crippen LogP contribution in [0.15, 0.2) is 0 Å². The van der Waals surface area contributed by atoms with Crippen molar-refractivity contribution in [1.29, 1.82) is 0 Å². The molecule has 0 rings (SSSR count). The number of carbonyl (C=O) groups excluding carboxylic acids is 1. The normalized spacial score (nSPS) is 12.5. The third-order valence-electron chi connectivity index (χ3n) is 1.27. The third kappa shape index (κ3) is 6.60. The molecule has 0 fully saturated rings. The van der Waals surface area contributed by atoms with E-state index in [1.54, 1.807) is 0 Å². The number of ketones is 1. The summed E-state index contributed by atoms with van der Waals surface area (Å²) in [6, 6.07) is -0.363. The lowest BCUT2D eigenvalue weighted by molar-refractivity contribution is -0.118. The van der Waals surface area contributed by atoms with Crippen molar-refractivity contribution in [3.63, 3.8) is 0 Å². The molecule has 0 saturated carbocycles. The zero-order valence-electron chi connectivity index (χ0n) is 6.84. The summed E-state index contributed by atoms with van der Waals surface area (Å²) in [7, 11) is 0. The summed E-state index contributed by atoms with van der Waals surface area (Å²) in [4.78, 5) is 10.8. The third-order valence-corrected chi connectivity index (χ3v) is 1.53. The molecule has 0 aromatic rings. The van der Waals surface area contributed by atoms with Gasteiger partial charge in [-0.1, -0.05) is 13.8 Å². The van der Waals surface area contributed by atoms with E-state index in [0.29, 0.717) is 5.92 Å². The first-order valence-corrected chi connectivity index (χ1v) is 3.95. The van der Waals surface area contributed by atoms with Gasteiger partial charge in [0.2, 0.25) is 0 Å². The van der Waals surface area contributed by atoms with Crippen LogP contribution in [0.2, 0.25) is 0 Å². The molecule has 0 aliphatic heterocycles. The first kappa shape index (κ1) is 13.8. The smallest absolute Gasteiger partial charge is 0.164 e. The van der Waals surface area contributed by atoms with Crippen molar-refractivity contribution in [3.05, 3.63) is 0 Å². The Bertz CT molecular complexity index is 117. The molecule has 0 radical (unpaired) electrons. The Labute approximate surface area is 78.9 Å².